The summed E-state index contributed by atoms with van der Waals surface area (Å²) in [4.78, 5) is 10.5. The van der Waals surface area contributed by atoms with Crippen LogP contribution in [0, 0.1) is 56.4 Å². The van der Waals surface area contributed by atoms with Crippen LogP contribution in [0.25, 0.3) is 0 Å². The number of hydrogen-bond donors (Lipinski definition) is 3. The Morgan fingerprint density at radius 1 is 1.36 bits per heavy atom. The molecule has 7 nitrogen and oxygen atoms in total. The van der Waals surface area contributed by atoms with E-state index in [1.165, 1.54) is 12.1 Å². The summed E-state index contributed by atoms with van der Waals surface area (Å²) < 4.78 is 0. The minimum atomic E-state index is -1.02. The monoisotopic (exact) mass is 382 g/mol. The van der Waals surface area contributed by atoms with Gasteiger partial charge in [-0.15, -0.1) is 0 Å². The van der Waals surface area contributed by atoms with E-state index in [-0.39, 0.29) is 29.3 Å². The normalized spacial score (nSPS) is 36.3. The Morgan fingerprint density at radius 3 is 2.36 bits per heavy atom. The lowest BCUT2D eigenvalue weighted by Gasteiger charge is -2.60. The number of nitro benzene ring substituents is 1. The number of amidine groups is 1. The van der Waals surface area contributed by atoms with Gasteiger partial charge in [0.15, 0.2) is 0 Å². The summed E-state index contributed by atoms with van der Waals surface area (Å²) in [5.74, 6) is 0.521. The highest BCUT2D eigenvalue weighted by Gasteiger charge is 2.59. The van der Waals surface area contributed by atoms with Gasteiger partial charge in [-0.25, -0.2) is 0 Å². The number of nitrogens with two attached hydrogens (primary N) is 1. The number of hydrogen-bond acceptors (Lipinski definition) is 5. The maximum absolute atomic E-state index is 11.0. The molecule has 7 heteroatoms. The largest absolute Gasteiger partial charge is 0.390 e. The molecule has 148 valence electrons. The van der Waals surface area contributed by atoms with Crippen molar-refractivity contribution in [2.24, 2.45) is 35.3 Å². The number of aliphatic hydroxyl groups is 1. The second-order valence-electron chi connectivity index (χ2n) is 9.30. The Labute approximate surface area is 164 Å². The van der Waals surface area contributed by atoms with Crippen LogP contribution in [0.2, 0.25) is 0 Å². The van der Waals surface area contributed by atoms with Crippen LogP contribution in [0.4, 0.5) is 5.69 Å². The van der Waals surface area contributed by atoms with Gasteiger partial charge < -0.3 is 10.8 Å². The lowest BCUT2D eigenvalue weighted by Crippen LogP contribution is -2.59. The van der Waals surface area contributed by atoms with Crippen LogP contribution >= 0.6 is 0 Å². The van der Waals surface area contributed by atoms with Gasteiger partial charge in [-0.1, -0.05) is 12.1 Å². The summed E-state index contributed by atoms with van der Waals surface area (Å²) in [6.45, 7) is 1.81. The van der Waals surface area contributed by atoms with Gasteiger partial charge in [-0.2, -0.15) is 5.26 Å². The van der Waals surface area contributed by atoms with Crippen molar-refractivity contribution in [2.45, 2.75) is 50.0 Å². The number of nitriles is 1. The molecule has 28 heavy (non-hydrogen) atoms. The molecule has 4 aliphatic rings. The van der Waals surface area contributed by atoms with Crippen LogP contribution in [-0.2, 0) is 5.41 Å². The molecule has 4 atom stereocenters. The molecule has 4 fully saturated rings. The van der Waals surface area contributed by atoms with Gasteiger partial charge in [-0.3, -0.25) is 15.5 Å². The second-order valence-corrected chi connectivity index (χ2v) is 9.30. The third-order valence-electron chi connectivity index (χ3n) is 7.70. The molecule has 0 amide bonds. The fourth-order valence-electron chi connectivity index (χ4n) is 6.60. The lowest BCUT2D eigenvalue weighted by atomic mass is 9.45. The maximum Gasteiger partial charge on any atom is 0.269 e. The molecule has 4 N–H and O–H groups in total. The first-order valence-electron chi connectivity index (χ1n) is 9.89. The SMILES string of the molecule is CC(C(=N)N)(c1ccc([N+](=O)[O-])cc1)C(C#N)C1C2CC3CC1CC(O)(C3)C2. The molecule has 0 heterocycles. The third-order valence-corrected chi connectivity index (χ3v) is 7.70. The molecule has 4 aliphatic carbocycles. The first kappa shape index (κ1) is 18.9. The molecule has 4 bridgehead atoms. The molecule has 5 rings (SSSR count). The lowest BCUT2D eigenvalue weighted by molar-refractivity contribution is -0.384. The minimum absolute atomic E-state index is 0.0278. The molecule has 0 spiro atoms. The first-order valence-corrected chi connectivity index (χ1v) is 9.89. The Morgan fingerprint density at radius 2 is 1.93 bits per heavy atom. The van der Waals surface area contributed by atoms with Crippen molar-refractivity contribution in [1.29, 1.82) is 10.7 Å². The smallest absolute Gasteiger partial charge is 0.269 e. The van der Waals surface area contributed by atoms with Crippen molar-refractivity contribution in [1.82, 2.24) is 0 Å². The predicted molar refractivity (Wildman–Crippen MR) is 103 cm³/mol. The molecule has 1 aromatic rings. The van der Waals surface area contributed by atoms with Gasteiger partial charge >= 0.3 is 0 Å². The predicted octanol–water partition coefficient (Wildman–Crippen LogP) is 3.12. The standard InChI is InChI=1S/C21H26N4O3/c1-20(19(23)24,15-2-4-16(5-3-15)25(27)28)17(11-22)18-13-6-12-7-14(18)10-21(26,8-12)9-13/h2-5,12-14,17-18,26H,6-10H2,1H3,(H3,23,24). The zero-order chi connectivity index (χ0) is 20.3. The highest BCUT2D eigenvalue weighted by Crippen LogP contribution is 2.61. The highest BCUT2D eigenvalue weighted by atomic mass is 16.6. The zero-order valence-corrected chi connectivity index (χ0v) is 16.0. The number of non-ortho nitro benzene ring substituents is 1. The van der Waals surface area contributed by atoms with E-state index in [4.69, 9.17) is 11.1 Å². The molecule has 0 aromatic heterocycles. The summed E-state index contributed by atoms with van der Waals surface area (Å²) in [6, 6.07) is 8.52. The minimum Gasteiger partial charge on any atom is -0.390 e. The van der Waals surface area contributed by atoms with E-state index >= 15 is 0 Å². The molecule has 0 aliphatic heterocycles. The first-order chi connectivity index (χ1) is 13.2. The average Bonchev–Trinajstić information content (AvgIpc) is 2.62. The molecule has 0 saturated heterocycles. The maximum atomic E-state index is 11.0. The fourth-order valence-corrected chi connectivity index (χ4v) is 6.60. The Kier molecular flexibility index (Phi) is 4.23. The number of rotatable bonds is 5. The van der Waals surface area contributed by atoms with Crippen molar-refractivity contribution < 1.29 is 10.0 Å². The van der Waals surface area contributed by atoms with E-state index in [0.717, 1.165) is 32.1 Å². The van der Waals surface area contributed by atoms with Crippen LogP contribution in [0.5, 0.6) is 0 Å². The van der Waals surface area contributed by atoms with Crippen molar-refractivity contribution >= 4 is 11.5 Å². The van der Waals surface area contributed by atoms with E-state index < -0.39 is 21.9 Å². The number of benzene rings is 1. The van der Waals surface area contributed by atoms with Crippen LogP contribution in [-0.4, -0.2) is 21.5 Å². The van der Waals surface area contributed by atoms with E-state index in [0.29, 0.717) is 11.5 Å². The van der Waals surface area contributed by atoms with Gasteiger partial charge in [-0.05, 0) is 68.3 Å². The van der Waals surface area contributed by atoms with Gasteiger partial charge in [0.25, 0.3) is 5.69 Å². The molecular formula is C21H26N4O3. The molecule has 4 unspecified atom stereocenters. The summed E-state index contributed by atoms with van der Waals surface area (Å²) in [6.07, 6.45) is 4.36. The molecule has 1 aromatic carbocycles. The van der Waals surface area contributed by atoms with E-state index in [9.17, 15) is 20.5 Å². The number of nitrogens with zero attached hydrogens (tertiary/aromatic N) is 2. The summed E-state index contributed by atoms with van der Waals surface area (Å²) in [5, 5.41) is 40.4. The number of nitro groups is 1. The van der Waals surface area contributed by atoms with E-state index in [1.807, 2.05) is 6.92 Å². The van der Waals surface area contributed by atoms with Crippen LogP contribution in [0.3, 0.4) is 0 Å². The van der Waals surface area contributed by atoms with Gasteiger partial charge in [0.05, 0.1) is 27.9 Å². The topological polar surface area (TPSA) is 137 Å². The van der Waals surface area contributed by atoms with E-state index in [1.54, 1.807) is 12.1 Å². The van der Waals surface area contributed by atoms with Crippen LogP contribution in [0.15, 0.2) is 24.3 Å². The van der Waals surface area contributed by atoms with Gasteiger partial charge in [0, 0.05) is 12.1 Å². The zero-order valence-electron chi connectivity index (χ0n) is 16.0. The summed E-state index contributed by atoms with van der Waals surface area (Å²) in [7, 11) is 0. The van der Waals surface area contributed by atoms with Gasteiger partial charge in [0.1, 0.15) is 5.84 Å². The number of nitrogens with one attached hydrogen (secondary N) is 1. The van der Waals surface area contributed by atoms with Crippen LogP contribution in [0.1, 0.15) is 44.6 Å². The molecule has 4 saturated carbocycles. The summed E-state index contributed by atoms with van der Waals surface area (Å²) in [5.41, 5.74) is 5.06. The Hall–Kier alpha value is -2.46. The summed E-state index contributed by atoms with van der Waals surface area (Å²) >= 11 is 0. The van der Waals surface area contributed by atoms with E-state index in [2.05, 4.69) is 6.07 Å². The van der Waals surface area contributed by atoms with Crippen molar-refractivity contribution in [3.8, 4) is 6.07 Å². The average molecular weight is 382 g/mol. The quantitative estimate of drug-likeness (QED) is 0.311. The Balaban J connectivity index is 1.73. The van der Waals surface area contributed by atoms with Gasteiger partial charge in [0.2, 0.25) is 0 Å². The highest BCUT2D eigenvalue weighted by molar-refractivity contribution is 5.89. The molecular weight excluding hydrogens is 356 g/mol. The van der Waals surface area contributed by atoms with Crippen LogP contribution < -0.4 is 5.73 Å². The fraction of sp³-hybridized carbons (Fsp3) is 0.619. The van der Waals surface area contributed by atoms with Crippen molar-refractivity contribution in [3.63, 3.8) is 0 Å². The third kappa shape index (κ3) is 2.70. The Bertz CT molecular complexity index is 845. The van der Waals surface area contributed by atoms with Crippen molar-refractivity contribution in [2.75, 3.05) is 0 Å². The second kappa shape index (κ2) is 6.28. The van der Waals surface area contributed by atoms with Crippen molar-refractivity contribution in [3.05, 3.63) is 39.9 Å². The molecule has 0 radical (unpaired) electrons.